The largest absolute Gasteiger partial charge is 0.334 e. The molecule has 4 aromatic rings. The minimum absolute atomic E-state index is 0.0417. The first-order chi connectivity index (χ1) is 14.2. The van der Waals surface area contributed by atoms with Crippen LogP contribution in [0, 0.1) is 6.92 Å². The second-order valence-corrected chi connectivity index (χ2v) is 7.01. The molecule has 0 N–H and O–H groups in total. The number of benzene rings is 2. The number of hydrogen-bond donors (Lipinski definition) is 0. The summed E-state index contributed by atoms with van der Waals surface area (Å²) in [5.74, 6) is 1.62. The van der Waals surface area contributed by atoms with Crippen LogP contribution in [0.2, 0.25) is 0 Å². The molecule has 1 aliphatic heterocycles. The summed E-state index contributed by atoms with van der Waals surface area (Å²) in [6, 6.07) is 17.6. The molecule has 0 radical (unpaired) electrons. The normalized spacial score (nSPS) is 12.9. The first-order valence-corrected chi connectivity index (χ1v) is 9.50. The lowest BCUT2D eigenvalue weighted by atomic mass is 10.2. The van der Waals surface area contributed by atoms with E-state index >= 15 is 0 Å². The van der Waals surface area contributed by atoms with Crippen LogP contribution in [0.5, 0.6) is 0 Å². The number of nitrogens with zero attached hydrogens (tertiary/aromatic N) is 5. The third kappa shape index (κ3) is 3.20. The number of hydrogen-bond acceptors (Lipinski definition) is 5. The molecular weight excluding hydrogens is 366 g/mol. The summed E-state index contributed by atoms with van der Waals surface area (Å²) < 4.78 is 7.20. The van der Waals surface area contributed by atoms with Crippen molar-refractivity contribution >= 4 is 11.6 Å². The number of anilines is 1. The van der Waals surface area contributed by atoms with Crippen LogP contribution in [0.1, 0.15) is 11.4 Å². The number of fused-ring (bicyclic) bond motifs is 1. The average molecular weight is 385 g/mol. The number of amides is 1. The van der Waals surface area contributed by atoms with Crippen molar-refractivity contribution in [1.29, 1.82) is 0 Å². The van der Waals surface area contributed by atoms with E-state index in [1.807, 2.05) is 64.9 Å². The van der Waals surface area contributed by atoms with Crippen LogP contribution in [-0.2, 0) is 17.8 Å². The van der Waals surface area contributed by atoms with E-state index in [0.29, 0.717) is 24.0 Å². The Morgan fingerprint density at radius 3 is 2.72 bits per heavy atom. The molecule has 5 rings (SSSR count). The molecule has 7 nitrogen and oxygen atoms in total. The van der Waals surface area contributed by atoms with Crippen LogP contribution in [0.3, 0.4) is 0 Å². The standard InChI is InChI=1S/C22H19N5O2/c1-15-23-18(21-24-22(29-25-21)17-8-3-2-4-9-17)13-26(15)14-20(28)27-12-11-16-7-5-6-10-19(16)27/h2-10,13H,11-12,14H2,1H3. The summed E-state index contributed by atoms with van der Waals surface area (Å²) in [5.41, 5.74) is 3.65. The van der Waals surface area contributed by atoms with Gasteiger partial charge in [-0.2, -0.15) is 4.98 Å². The van der Waals surface area contributed by atoms with Gasteiger partial charge in [0.1, 0.15) is 18.1 Å². The zero-order valence-corrected chi connectivity index (χ0v) is 15.9. The lowest BCUT2D eigenvalue weighted by molar-refractivity contribution is -0.119. The predicted octanol–water partition coefficient (Wildman–Crippen LogP) is 3.50. The summed E-state index contributed by atoms with van der Waals surface area (Å²) in [6.07, 6.45) is 2.69. The Kier molecular flexibility index (Phi) is 4.20. The summed E-state index contributed by atoms with van der Waals surface area (Å²) in [4.78, 5) is 23.7. The molecule has 1 amide bonds. The van der Waals surface area contributed by atoms with E-state index in [4.69, 9.17) is 4.52 Å². The lowest BCUT2D eigenvalue weighted by Gasteiger charge is -2.17. The molecule has 0 saturated carbocycles. The van der Waals surface area contributed by atoms with Crippen molar-refractivity contribution in [1.82, 2.24) is 19.7 Å². The topological polar surface area (TPSA) is 77.0 Å². The monoisotopic (exact) mass is 385 g/mol. The van der Waals surface area contributed by atoms with Crippen molar-refractivity contribution in [3.8, 4) is 23.0 Å². The maximum atomic E-state index is 12.9. The number of carbonyl (C=O) groups is 1. The molecular formula is C22H19N5O2. The maximum absolute atomic E-state index is 12.9. The molecule has 144 valence electrons. The van der Waals surface area contributed by atoms with Crippen LogP contribution in [0.4, 0.5) is 5.69 Å². The van der Waals surface area contributed by atoms with Crippen molar-refractivity contribution < 1.29 is 9.32 Å². The van der Waals surface area contributed by atoms with Crippen LogP contribution in [0.25, 0.3) is 23.0 Å². The molecule has 7 heteroatoms. The van der Waals surface area contributed by atoms with Gasteiger partial charge in [0.05, 0.1) is 0 Å². The summed E-state index contributed by atoms with van der Waals surface area (Å²) in [6.45, 7) is 2.80. The number of aromatic nitrogens is 4. The van der Waals surface area contributed by atoms with Gasteiger partial charge < -0.3 is 14.0 Å². The Labute approximate surface area is 167 Å². The molecule has 0 unspecified atom stereocenters. The fraction of sp³-hybridized carbons (Fsp3) is 0.182. The minimum Gasteiger partial charge on any atom is -0.334 e. The first-order valence-electron chi connectivity index (χ1n) is 9.50. The van der Waals surface area contributed by atoms with E-state index in [2.05, 4.69) is 21.2 Å². The minimum atomic E-state index is 0.0417. The van der Waals surface area contributed by atoms with Crippen molar-refractivity contribution in [3.63, 3.8) is 0 Å². The molecule has 2 aromatic carbocycles. The van der Waals surface area contributed by atoms with Gasteiger partial charge in [0.25, 0.3) is 5.89 Å². The lowest BCUT2D eigenvalue weighted by Crippen LogP contribution is -2.32. The molecule has 0 spiro atoms. The van der Waals surface area contributed by atoms with Gasteiger partial charge in [-0.25, -0.2) is 4.98 Å². The number of aryl methyl sites for hydroxylation is 1. The van der Waals surface area contributed by atoms with Gasteiger partial charge in [0.15, 0.2) is 0 Å². The maximum Gasteiger partial charge on any atom is 0.258 e. The van der Waals surface area contributed by atoms with Gasteiger partial charge in [-0.1, -0.05) is 41.6 Å². The van der Waals surface area contributed by atoms with Crippen LogP contribution in [-0.4, -0.2) is 32.1 Å². The van der Waals surface area contributed by atoms with Gasteiger partial charge >= 0.3 is 0 Å². The molecule has 2 aromatic heterocycles. The molecule has 29 heavy (non-hydrogen) atoms. The molecule has 0 atom stereocenters. The van der Waals surface area contributed by atoms with Gasteiger partial charge in [0, 0.05) is 24.0 Å². The summed E-state index contributed by atoms with van der Waals surface area (Å²) in [7, 11) is 0. The third-order valence-corrected chi connectivity index (χ3v) is 5.15. The second kappa shape index (κ2) is 7.01. The second-order valence-electron chi connectivity index (χ2n) is 7.01. The number of para-hydroxylation sites is 1. The Hall–Kier alpha value is -3.74. The Morgan fingerprint density at radius 1 is 1.07 bits per heavy atom. The smallest absolute Gasteiger partial charge is 0.258 e. The first kappa shape index (κ1) is 17.4. The highest BCUT2D eigenvalue weighted by molar-refractivity contribution is 5.95. The van der Waals surface area contributed by atoms with Crippen LogP contribution >= 0.6 is 0 Å². The molecule has 1 aliphatic rings. The van der Waals surface area contributed by atoms with E-state index in [-0.39, 0.29) is 12.5 Å². The van der Waals surface area contributed by atoms with E-state index in [1.165, 1.54) is 5.56 Å². The molecule has 0 saturated heterocycles. The summed E-state index contributed by atoms with van der Waals surface area (Å²) >= 11 is 0. The molecule has 0 bridgehead atoms. The van der Waals surface area contributed by atoms with Crippen LogP contribution < -0.4 is 4.90 Å². The fourth-order valence-electron chi connectivity index (χ4n) is 3.63. The molecule has 0 fully saturated rings. The van der Waals surface area contributed by atoms with E-state index in [1.54, 1.807) is 6.20 Å². The van der Waals surface area contributed by atoms with Crippen molar-refractivity contribution in [2.24, 2.45) is 0 Å². The Balaban J connectivity index is 1.36. The average Bonchev–Trinajstić information content (AvgIpc) is 3.47. The number of rotatable bonds is 4. The van der Waals surface area contributed by atoms with Gasteiger partial charge in [-0.05, 0) is 37.1 Å². The SMILES string of the molecule is Cc1nc(-c2noc(-c3ccccc3)n2)cn1CC(=O)N1CCc2ccccc21. The highest BCUT2D eigenvalue weighted by atomic mass is 16.5. The van der Waals surface area contributed by atoms with Gasteiger partial charge in [0.2, 0.25) is 11.7 Å². The van der Waals surface area contributed by atoms with E-state index < -0.39 is 0 Å². The third-order valence-electron chi connectivity index (χ3n) is 5.15. The Morgan fingerprint density at radius 2 is 1.86 bits per heavy atom. The number of carbonyl (C=O) groups excluding carboxylic acids is 1. The van der Waals surface area contributed by atoms with Gasteiger partial charge in [-0.3, -0.25) is 4.79 Å². The summed E-state index contributed by atoms with van der Waals surface area (Å²) in [5, 5.41) is 4.05. The van der Waals surface area contributed by atoms with E-state index in [0.717, 1.165) is 23.5 Å². The van der Waals surface area contributed by atoms with Crippen molar-refractivity contribution in [3.05, 3.63) is 72.2 Å². The van der Waals surface area contributed by atoms with E-state index in [9.17, 15) is 4.79 Å². The zero-order chi connectivity index (χ0) is 19.8. The fourth-order valence-corrected chi connectivity index (χ4v) is 3.63. The van der Waals surface area contributed by atoms with Gasteiger partial charge in [-0.15, -0.1) is 0 Å². The zero-order valence-electron chi connectivity index (χ0n) is 15.9. The quantitative estimate of drug-likeness (QED) is 0.537. The highest BCUT2D eigenvalue weighted by Gasteiger charge is 2.25. The van der Waals surface area contributed by atoms with Crippen molar-refractivity contribution in [2.75, 3.05) is 11.4 Å². The molecule has 3 heterocycles. The highest BCUT2D eigenvalue weighted by Crippen LogP contribution is 2.28. The van der Waals surface area contributed by atoms with Crippen molar-refractivity contribution in [2.45, 2.75) is 19.9 Å². The predicted molar refractivity (Wildman–Crippen MR) is 108 cm³/mol. The molecule has 0 aliphatic carbocycles. The van der Waals surface area contributed by atoms with Crippen LogP contribution in [0.15, 0.2) is 65.3 Å². The number of imidazole rings is 1. The Bertz CT molecular complexity index is 1180.